The van der Waals surface area contributed by atoms with E-state index in [1.165, 1.54) is 25.7 Å². The van der Waals surface area contributed by atoms with E-state index in [-0.39, 0.29) is 6.10 Å². The maximum Gasteiger partial charge on any atom is 0.411 e. The average Bonchev–Trinajstić information content (AvgIpc) is 2.16. The fraction of sp³-hybridized carbons (Fsp3) is 1.00. The maximum absolute atomic E-state index is 11.9. The summed E-state index contributed by atoms with van der Waals surface area (Å²) < 4.78 is 41.4. The van der Waals surface area contributed by atoms with Gasteiger partial charge in [0.15, 0.2) is 0 Å². The molecule has 17 heavy (non-hydrogen) atoms. The number of likely N-dealkylation sites (tertiary alicyclic amines) is 1. The van der Waals surface area contributed by atoms with Crippen molar-refractivity contribution in [3.63, 3.8) is 0 Å². The molecule has 2 fully saturated rings. The molecule has 2 rings (SSSR count). The Morgan fingerprint density at radius 3 is 2.24 bits per heavy atom. The van der Waals surface area contributed by atoms with Crippen LogP contribution in [0.3, 0.4) is 0 Å². The van der Waals surface area contributed by atoms with Gasteiger partial charge in [-0.15, -0.1) is 0 Å². The largest absolute Gasteiger partial charge is 0.411 e. The number of nitrogens with zero attached hydrogens (tertiary/aromatic N) is 1. The van der Waals surface area contributed by atoms with E-state index >= 15 is 0 Å². The van der Waals surface area contributed by atoms with Gasteiger partial charge in [-0.2, -0.15) is 13.2 Å². The molecule has 0 bridgehead atoms. The lowest BCUT2D eigenvalue weighted by atomic mass is 9.92. The fourth-order valence-corrected chi connectivity index (χ4v) is 3.20. The average molecular weight is 363 g/mol. The Bertz CT molecular complexity index is 248. The smallest absolute Gasteiger partial charge is 0.366 e. The zero-order valence-corrected chi connectivity index (χ0v) is 11.7. The Balaban J connectivity index is 1.62. The predicted octanol–water partition coefficient (Wildman–Crippen LogP) is 3.00. The van der Waals surface area contributed by atoms with Crippen LogP contribution in [0.5, 0.6) is 0 Å². The maximum atomic E-state index is 11.9. The molecule has 0 aromatic carbocycles. The third kappa shape index (κ3) is 4.24. The van der Waals surface area contributed by atoms with E-state index in [2.05, 4.69) is 27.5 Å². The van der Waals surface area contributed by atoms with E-state index in [0.717, 1.165) is 3.92 Å². The minimum absolute atomic E-state index is 0.214. The third-order valence-electron chi connectivity index (χ3n) is 3.50. The van der Waals surface area contributed by atoms with E-state index < -0.39 is 12.8 Å². The molecular formula is C11H17F3INO. The van der Waals surface area contributed by atoms with Crippen LogP contribution in [-0.4, -0.2) is 46.8 Å². The van der Waals surface area contributed by atoms with Crippen molar-refractivity contribution in [3.05, 3.63) is 0 Å². The van der Waals surface area contributed by atoms with Crippen molar-refractivity contribution in [1.29, 1.82) is 0 Å². The first-order valence-corrected chi connectivity index (χ1v) is 7.25. The van der Waals surface area contributed by atoms with Crippen molar-refractivity contribution < 1.29 is 17.9 Å². The van der Waals surface area contributed by atoms with E-state index in [1.54, 1.807) is 0 Å². The summed E-state index contributed by atoms with van der Waals surface area (Å²) in [6, 6.07) is 0.576. The highest BCUT2D eigenvalue weighted by atomic mass is 127. The molecule has 0 radical (unpaired) electrons. The molecule has 0 aromatic rings. The van der Waals surface area contributed by atoms with Gasteiger partial charge in [0, 0.05) is 23.1 Å². The SMILES string of the molecule is FC(F)(F)COC1CN(C2CCC(I)CC2)C1. The summed E-state index contributed by atoms with van der Waals surface area (Å²) in [6.45, 7) is 0.241. The lowest BCUT2D eigenvalue weighted by molar-refractivity contribution is -0.202. The molecule has 1 heterocycles. The monoisotopic (exact) mass is 363 g/mol. The lowest BCUT2D eigenvalue weighted by Gasteiger charge is -2.45. The van der Waals surface area contributed by atoms with E-state index in [0.29, 0.717) is 19.1 Å². The standard InChI is InChI=1S/C11H17F3INO/c12-11(13,14)7-17-10-5-16(6-10)9-3-1-8(15)2-4-9/h8-10H,1-7H2. The molecular weight excluding hydrogens is 346 g/mol. The molecule has 0 aromatic heterocycles. The Kier molecular flexibility index (Phi) is 4.57. The highest BCUT2D eigenvalue weighted by molar-refractivity contribution is 14.1. The van der Waals surface area contributed by atoms with E-state index in [9.17, 15) is 13.2 Å². The van der Waals surface area contributed by atoms with E-state index in [1.807, 2.05) is 0 Å². The molecule has 0 N–H and O–H groups in total. The van der Waals surface area contributed by atoms with Crippen molar-refractivity contribution >= 4 is 22.6 Å². The number of halogens is 4. The van der Waals surface area contributed by atoms with Gasteiger partial charge in [0.05, 0.1) is 6.10 Å². The van der Waals surface area contributed by atoms with Gasteiger partial charge in [0.1, 0.15) is 6.61 Å². The zero-order valence-electron chi connectivity index (χ0n) is 9.55. The molecule has 0 amide bonds. The van der Waals surface area contributed by atoms with Crippen molar-refractivity contribution in [3.8, 4) is 0 Å². The zero-order chi connectivity index (χ0) is 12.5. The van der Waals surface area contributed by atoms with Gasteiger partial charge >= 0.3 is 6.18 Å². The molecule has 0 atom stereocenters. The van der Waals surface area contributed by atoms with Gasteiger partial charge in [-0.05, 0) is 25.7 Å². The third-order valence-corrected chi connectivity index (χ3v) is 4.75. The Morgan fingerprint density at radius 2 is 1.71 bits per heavy atom. The second-order valence-corrected chi connectivity index (χ2v) is 6.67. The first kappa shape index (κ1) is 13.9. The van der Waals surface area contributed by atoms with Crippen LogP contribution in [-0.2, 0) is 4.74 Å². The number of alkyl halides is 4. The van der Waals surface area contributed by atoms with Gasteiger partial charge in [-0.3, -0.25) is 4.90 Å². The van der Waals surface area contributed by atoms with E-state index in [4.69, 9.17) is 4.74 Å². The minimum atomic E-state index is -4.19. The van der Waals surface area contributed by atoms with Crippen LogP contribution >= 0.6 is 22.6 Å². The molecule has 1 aliphatic carbocycles. The minimum Gasteiger partial charge on any atom is -0.366 e. The summed E-state index contributed by atoms with van der Waals surface area (Å²) in [7, 11) is 0. The number of ether oxygens (including phenoxy) is 1. The van der Waals surface area contributed by atoms with Gasteiger partial charge < -0.3 is 4.74 Å². The molecule has 6 heteroatoms. The van der Waals surface area contributed by atoms with Gasteiger partial charge in [-0.25, -0.2) is 0 Å². The molecule has 0 unspecified atom stereocenters. The van der Waals surface area contributed by atoms with Crippen LogP contribution in [0.1, 0.15) is 25.7 Å². The topological polar surface area (TPSA) is 12.5 Å². The quantitative estimate of drug-likeness (QED) is 0.565. The van der Waals surface area contributed by atoms with Crippen LogP contribution in [0.2, 0.25) is 0 Å². The Hall–Kier alpha value is 0.440. The van der Waals surface area contributed by atoms with Crippen molar-refractivity contribution in [2.45, 2.75) is 47.9 Å². The van der Waals surface area contributed by atoms with Crippen molar-refractivity contribution in [2.24, 2.45) is 0 Å². The molecule has 0 spiro atoms. The number of hydrogen-bond donors (Lipinski definition) is 0. The summed E-state index contributed by atoms with van der Waals surface area (Å²) in [6.07, 6.45) is 0.416. The lowest BCUT2D eigenvalue weighted by Crippen LogP contribution is -2.57. The van der Waals surface area contributed by atoms with Crippen LogP contribution in [0.15, 0.2) is 0 Å². The molecule has 2 aliphatic rings. The predicted molar refractivity (Wildman–Crippen MR) is 67.4 cm³/mol. The van der Waals surface area contributed by atoms with Crippen LogP contribution < -0.4 is 0 Å². The molecule has 1 aliphatic heterocycles. The first-order valence-electron chi connectivity index (χ1n) is 6.00. The van der Waals surface area contributed by atoms with Gasteiger partial charge in [0.2, 0.25) is 0 Å². The van der Waals surface area contributed by atoms with Gasteiger partial charge in [-0.1, -0.05) is 22.6 Å². The highest BCUT2D eigenvalue weighted by Gasteiger charge is 2.37. The fourth-order valence-electron chi connectivity index (χ4n) is 2.49. The van der Waals surface area contributed by atoms with Crippen LogP contribution in [0, 0.1) is 0 Å². The van der Waals surface area contributed by atoms with Crippen LogP contribution in [0.25, 0.3) is 0 Å². The second-order valence-electron chi connectivity index (χ2n) is 4.91. The summed E-state index contributed by atoms with van der Waals surface area (Å²) in [5, 5.41) is 0. The summed E-state index contributed by atoms with van der Waals surface area (Å²) in [5.41, 5.74) is 0. The second kappa shape index (κ2) is 5.61. The molecule has 1 saturated heterocycles. The summed E-state index contributed by atoms with van der Waals surface area (Å²) in [4.78, 5) is 2.27. The van der Waals surface area contributed by atoms with Crippen molar-refractivity contribution in [2.75, 3.05) is 19.7 Å². The Labute approximate surface area is 113 Å². The normalized spacial score (nSPS) is 32.5. The highest BCUT2D eigenvalue weighted by Crippen LogP contribution is 2.31. The Morgan fingerprint density at radius 1 is 1.12 bits per heavy atom. The number of hydrogen-bond acceptors (Lipinski definition) is 2. The van der Waals surface area contributed by atoms with Gasteiger partial charge in [0.25, 0.3) is 0 Å². The van der Waals surface area contributed by atoms with Crippen molar-refractivity contribution in [1.82, 2.24) is 4.90 Å². The molecule has 1 saturated carbocycles. The molecule has 100 valence electrons. The number of rotatable bonds is 3. The summed E-state index contributed by atoms with van der Waals surface area (Å²) >= 11 is 2.48. The first-order chi connectivity index (χ1) is 7.94. The summed E-state index contributed by atoms with van der Waals surface area (Å²) in [5.74, 6) is 0. The molecule has 2 nitrogen and oxygen atoms in total. The van der Waals surface area contributed by atoms with Crippen LogP contribution in [0.4, 0.5) is 13.2 Å².